The van der Waals surface area contributed by atoms with Crippen LogP contribution < -0.4 is 19.7 Å². The first-order chi connectivity index (χ1) is 19.7. The summed E-state index contributed by atoms with van der Waals surface area (Å²) in [5, 5.41) is 15.8. The lowest BCUT2D eigenvalue weighted by atomic mass is 9.95. The monoisotopic (exact) mass is 542 g/mol. The summed E-state index contributed by atoms with van der Waals surface area (Å²) >= 11 is 0. The molecule has 6 rings (SSSR count). The topological polar surface area (TPSA) is 125 Å². The molecule has 1 N–H and O–H groups in total. The lowest BCUT2D eigenvalue weighted by molar-refractivity contribution is -0.128. The molecule has 1 aliphatic heterocycles. The molecule has 206 valence electrons. The highest BCUT2D eigenvalue weighted by Crippen LogP contribution is 2.37. The van der Waals surface area contributed by atoms with Crippen molar-refractivity contribution in [1.82, 2.24) is 25.5 Å². The molecule has 1 aliphatic carbocycles. The van der Waals surface area contributed by atoms with E-state index in [1.807, 2.05) is 30.3 Å². The maximum absolute atomic E-state index is 14.1. The molecule has 1 atom stereocenters. The molecular formula is C29H30N6O5. The number of carbonyl (C=O) groups excluding carboxylic acids is 2. The van der Waals surface area contributed by atoms with Crippen LogP contribution in [-0.2, 0) is 16.1 Å². The molecule has 2 aromatic heterocycles. The van der Waals surface area contributed by atoms with Gasteiger partial charge in [-0.25, -0.2) is 0 Å². The van der Waals surface area contributed by atoms with Gasteiger partial charge in [0, 0.05) is 23.4 Å². The van der Waals surface area contributed by atoms with Crippen molar-refractivity contribution in [3.05, 3.63) is 72.7 Å². The Morgan fingerprint density at radius 1 is 0.975 bits per heavy atom. The zero-order chi connectivity index (χ0) is 27.3. The maximum atomic E-state index is 14.1. The van der Waals surface area contributed by atoms with E-state index in [4.69, 9.17) is 13.9 Å². The zero-order valence-corrected chi connectivity index (χ0v) is 21.9. The molecule has 0 saturated heterocycles. The second-order valence-electron chi connectivity index (χ2n) is 9.86. The predicted octanol–water partition coefficient (Wildman–Crippen LogP) is 3.93. The Morgan fingerprint density at radius 3 is 2.55 bits per heavy atom. The van der Waals surface area contributed by atoms with E-state index in [9.17, 15) is 9.59 Å². The molecule has 11 heteroatoms. The Kier molecular flexibility index (Phi) is 7.43. The predicted molar refractivity (Wildman–Crippen MR) is 145 cm³/mol. The Balaban J connectivity index is 1.35. The molecule has 11 nitrogen and oxygen atoms in total. The average Bonchev–Trinajstić information content (AvgIpc) is 3.69. The minimum Gasteiger partial charge on any atom is -0.486 e. The number of ether oxygens (including phenoxy) is 2. The van der Waals surface area contributed by atoms with Gasteiger partial charge in [-0.15, -0.1) is 10.2 Å². The van der Waals surface area contributed by atoms with Crippen LogP contribution in [0.3, 0.4) is 0 Å². The minimum absolute atomic E-state index is 0.0429. The van der Waals surface area contributed by atoms with Crippen LogP contribution in [0.15, 0.2) is 71.3 Å². The SMILES string of the molecule is O=C(NC1CCCCC1)C(c1ccco1)N(C(=O)Cn1nnc(-c2ccccc2)n1)c1ccc2c(c1)OCCO2. The van der Waals surface area contributed by atoms with Gasteiger partial charge in [-0.2, -0.15) is 4.80 Å². The minimum atomic E-state index is -1.07. The van der Waals surface area contributed by atoms with Crippen LogP contribution in [-0.4, -0.2) is 51.3 Å². The number of nitrogens with zero attached hydrogens (tertiary/aromatic N) is 5. The number of carbonyl (C=O) groups is 2. The van der Waals surface area contributed by atoms with Gasteiger partial charge < -0.3 is 19.2 Å². The first kappa shape index (κ1) is 25.6. The molecule has 4 aromatic rings. The van der Waals surface area contributed by atoms with Gasteiger partial charge in [0.05, 0.1) is 6.26 Å². The van der Waals surface area contributed by atoms with E-state index in [1.165, 1.54) is 16.0 Å². The van der Waals surface area contributed by atoms with Gasteiger partial charge in [0.1, 0.15) is 25.5 Å². The molecule has 40 heavy (non-hydrogen) atoms. The van der Waals surface area contributed by atoms with Crippen molar-refractivity contribution in [2.24, 2.45) is 0 Å². The summed E-state index contributed by atoms with van der Waals surface area (Å²) in [5.74, 6) is 1.08. The fraction of sp³-hybridized carbons (Fsp3) is 0.345. The number of nitrogens with one attached hydrogen (secondary N) is 1. The van der Waals surface area contributed by atoms with Crippen LogP contribution in [0.4, 0.5) is 5.69 Å². The summed E-state index contributed by atoms with van der Waals surface area (Å²) in [6.45, 7) is 0.580. The number of anilines is 1. The molecule has 2 amide bonds. The van der Waals surface area contributed by atoms with E-state index in [-0.39, 0.29) is 18.5 Å². The fourth-order valence-electron chi connectivity index (χ4n) is 5.18. The lowest BCUT2D eigenvalue weighted by Crippen LogP contribution is -2.48. The number of hydrogen-bond donors (Lipinski definition) is 1. The zero-order valence-electron chi connectivity index (χ0n) is 21.9. The average molecular weight is 543 g/mol. The number of fused-ring (bicyclic) bond motifs is 1. The maximum Gasteiger partial charge on any atom is 0.251 e. The van der Waals surface area contributed by atoms with Gasteiger partial charge in [0.2, 0.25) is 5.82 Å². The first-order valence-electron chi connectivity index (χ1n) is 13.5. The van der Waals surface area contributed by atoms with Crippen LogP contribution in [0.5, 0.6) is 11.5 Å². The molecule has 3 heterocycles. The number of tetrazole rings is 1. The number of amides is 2. The third-order valence-corrected chi connectivity index (χ3v) is 7.10. The van der Waals surface area contributed by atoms with Gasteiger partial charge in [-0.05, 0) is 42.3 Å². The van der Waals surface area contributed by atoms with Crippen LogP contribution in [0.2, 0.25) is 0 Å². The van der Waals surface area contributed by atoms with Crippen LogP contribution in [0.25, 0.3) is 11.4 Å². The number of hydrogen-bond acceptors (Lipinski definition) is 8. The Morgan fingerprint density at radius 2 is 1.77 bits per heavy atom. The Hall–Kier alpha value is -4.67. The second kappa shape index (κ2) is 11.6. The van der Waals surface area contributed by atoms with E-state index in [1.54, 1.807) is 30.3 Å². The van der Waals surface area contributed by atoms with Crippen molar-refractivity contribution in [3.63, 3.8) is 0 Å². The highest BCUT2D eigenvalue weighted by atomic mass is 16.6. The summed E-state index contributed by atoms with van der Waals surface area (Å²) in [7, 11) is 0. The smallest absolute Gasteiger partial charge is 0.251 e. The number of benzene rings is 2. The summed E-state index contributed by atoms with van der Waals surface area (Å²) in [4.78, 5) is 30.6. The lowest BCUT2D eigenvalue weighted by Gasteiger charge is -2.32. The van der Waals surface area contributed by atoms with E-state index in [0.29, 0.717) is 42.0 Å². The van der Waals surface area contributed by atoms with Crippen LogP contribution >= 0.6 is 0 Å². The van der Waals surface area contributed by atoms with Crippen molar-refractivity contribution < 1.29 is 23.5 Å². The second-order valence-corrected chi connectivity index (χ2v) is 9.86. The third kappa shape index (κ3) is 5.54. The molecule has 2 aromatic carbocycles. The fourth-order valence-corrected chi connectivity index (χ4v) is 5.18. The van der Waals surface area contributed by atoms with Crippen LogP contribution in [0, 0.1) is 0 Å². The first-order valence-corrected chi connectivity index (χ1v) is 13.5. The standard InChI is InChI=1S/C29H30N6O5/c36-26(19-34-32-28(31-33-34)20-8-3-1-4-9-20)35(22-13-14-23-25(18-22)40-17-16-39-23)27(24-12-7-15-38-24)29(37)30-21-10-5-2-6-11-21/h1,3-4,7-9,12-15,18,21,27H,2,5-6,10-11,16-17,19H2,(H,30,37). The molecule has 2 aliphatic rings. The van der Waals surface area contributed by atoms with Gasteiger partial charge in [0.25, 0.3) is 11.8 Å². The Bertz CT molecular complexity index is 1450. The third-order valence-electron chi connectivity index (χ3n) is 7.10. The van der Waals surface area contributed by atoms with Gasteiger partial charge >= 0.3 is 0 Å². The molecule has 0 radical (unpaired) electrons. The quantitative estimate of drug-likeness (QED) is 0.355. The van der Waals surface area contributed by atoms with Crippen LogP contribution in [0.1, 0.15) is 43.9 Å². The summed E-state index contributed by atoms with van der Waals surface area (Å²) in [6, 6.07) is 17.0. The van der Waals surface area contributed by atoms with Crippen molar-refractivity contribution in [2.45, 2.75) is 50.7 Å². The summed E-state index contributed by atoms with van der Waals surface area (Å²) in [6.07, 6.45) is 6.57. The summed E-state index contributed by atoms with van der Waals surface area (Å²) < 4.78 is 17.2. The van der Waals surface area contributed by atoms with Crippen molar-refractivity contribution >= 4 is 17.5 Å². The Labute approximate surface area is 231 Å². The number of rotatable bonds is 8. The molecule has 0 bridgehead atoms. The van der Waals surface area contributed by atoms with Crippen molar-refractivity contribution in [1.29, 1.82) is 0 Å². The number of furan rings is 1. The number of aromatic nitrogens is 4. The normalized spacial score (nSPS) is 15.8. The molecule has 0 spiro atoms. The van der Waals surface area contributed by atoms with E-state index >= 15 is 0 Å². The highest BCUT2D eigenvalue weighted by molar-refractivity contribution is 6.01. The highest BCUT2D eigenvalue weighted by Gasteiger charge is 2.37. The van der Waals surface area contributed by atoms with Gasteiger partial charge in [0.15, 0.2) is 17.5 Å². The van der Waals surface area contributed by atoms with E-state index < -0.39 is 11.9 Å². The summed E-state index contributed by atoms with van der Waals surface area (Å²) in [5.41, 5.74) is 1.24. The molecular weight excluding hydrogens is 512 g/mol. The van der Waals surface area contributed by atoms with E-state index in [0.717, 1.165) is 37.7 Å². The van der Waals surface area contributed by atoms with Crippen molar-refractivity contribution in [2.75, 3.05) is 18.1 Å². The molecule has 1 saturated carbocycles. The molecule has 1 unspecified atom stereocenters. The van der Waals surface area contributed by atoms with E-state index in [2.05, 4.69) is 20.7 Å². The molecule has 1 fully saturated rings. The van der Waals surface area contributed by atoms with Gasteiger partial charge in [-0.3, -0.25) is 14.5 Å². The largest absolute Gasteiger partial charge is 0.486 e. The van der Waals surface area contributed by atoms with Crippen molar-refractivity contribution in [3.8, 4) is 22.9 Å². The van der Waals surface area contributed by atoms with Gasteiger partial charge in [-0.1, -0.05) is 49.6 Å².